The molecule has 0 atom stereocenters. The number of aromatic carboxylic acids is 1. The first-order valence-corrected chi connectivity index (χ1v) is 10.3. The topological polar surface area (TPSA) is 112 Å². The molecule has 172 valence electrons. The maximum absolute atomic E-state index is 13.7. The van der Waals surface area contributed by atoms with Crippen molar-refractivity contribution >= 4 is 47.2 Å². The van der Waals surface area contributed by atoms with Crippen LogP contribution < -0.4 is 15.3 Å². The van der Waals surface area contributed by atoms with Crippen molar-refractivity contribution in [3.8, 4) is 5.69 Å². The van der Waals surface area contributed by atoms with Crippen LogP contribution in [0.2, 0.25) is 5.02 Å². The number of benzene rings is 2. The highest BCUT2D eigenvalue weighted by Crippen LogP contribution is 2.28. The Morgan fingerprint density at radius 3 is 2.44 bits per heavy atom. The normalized spacial score (nSPS) is 15.1. The lowest BCUT2D eigenvalue weighted by atomic mass is 10.1. The maximum atomic E-state index is 13.7. The van der Waals surface area contributed by atoms with Gasteiger partial charge in [-0.05, 0) is 68.0 Å². The molecule has 1 N–H and O–H groups in total. The number of carbonyl (C=O) groups excluding carboxylic acids is 4. The molecular formula is C24H16ClFN3O5-. The number of amides is 4. The zero-order valence-corrected chi connectivity index (χ0v) is 18.6. The summed E-state index contributed by atoms with van der Waals surface area (Å²) in [7, 11) is 0. The van der Waals surface area contributed by atoms with Crippen LogP contribution in [0.5, 0.6) is 0 Å². The molecule has 1 aromatic heterocycles. The lowest BCUT2D eigenvalue weighted by Gasteiger charge is -2.26. The molecule has 4 rings (SSSR count). The molecule has 0 unspecified atom stereocenters. The van der Waals surface area contributed by atoms with Crippen molar-refractivity contribution in [3.63, 3.8) is 0 Å². The van der Waals surface area contributed by atoms with E-state index in [9.17, 15) is 28.7 Å². The van der Waals surface area contributed by atoms with Crippen LogP contribution >= 0.6 is 11.6 Å². The second-order valence-corrected chi connectivity index (χ2v) is 7.96. The Morgan fingerprint density at radius 1 is 1.06 bits per heavy atom. The molecule has 0 spiro atoms. The third-order valence-electron chi connectivity index (χ3n) is 5.37. The first kappa shape index (κ1) is 22.9. The predicted octanol–water partition coefficient (Wildman–Crippen LogP) is 2.92. The Morgan fingerprint density at radius 2 is 1.79 bits per heavy atom. The van der Waals surface area contributed by atoms with E-state index in [0.29, 0.717) is 27.5 Å². The number of aromatic nitrogens is 1. The quantitative estimate of drug-likeness (QED) is 0.456. The molecule has 1 saturated heterocycles. The van der Waals surface area contributed by atoms with Crippen LogP contribution in [0.1, 0.15) is 27.3 Å². The smallest absolute Gasteiger partial charge is 0.335 e. The molecule has 34 heavy (non-hydrogen) atoms. The Labute approximate surface area is 197 Å². The summed E-state index contributed by atoms with van der Waals surface area (Å²) in [5.41, 5.74) is 1.92. The fraction of sp³-hybridized carbons (Fsp3) is 0.0833. The second-order valence-electron chi connectivity index (χ2n) is 7.55. The Hall–Kier alpha value is -4.24. The number of halogens is 2. The van der Waals surface area contributed by atoms with Gasteiger partial charge in [0, 0.05) is 22.6 Å². The number of nitrogens with one attached hydrogen (secondary N) is 1. The monoisotopic (exact) mass is 480 g/mol. The van der Waals surface area contributed by atoms with Gasteiger partial charge in [0.25, 0.3) is 11.8 Å². The molecule has 1 fully saturated rings. The van der Waals surface area contributed by atoms with Gasteiger partial charge in [-0.2, -0.15) is 0 Å². The molecule has 4 amide bonds. The van der Waals surface area contributed by atoms with Gasteiger partial charge >= 0.3 is 6.03 Å². The summed E-state index contributed by atoms with van der Waals surface area (Å²) in [6.45, 7) is 3.52. The number of hydrogen-bond donors (Lipinski definition) is 1. The van der Waals surface area contributed by atoms with E-state index in [-0.39, 0.29) is 21.8 Å². The number of carbonyl (C=O) groups is 4. The molecule has 2 aromatic carbocycles. The molecular weight excluding hydrogens is 465 g/mol. The minimum atomic E-state index is -1.40. The molecule has 10 heteroatoms. The number of anilines is 1. The van der Waals surface area contributed by atoms with Gasteiger partial charge in [0.05, 0.1) is 16.7 Å². The number of barbiturate groups is 1. The fourth-order valence-electron chi connectivity index (χ4n) is 3.80. The van der Waals surface area contributed by atoms with Crippen LogP contribution in [-0.2, 0) is 9.59 Å². The van der Waals surface area contributed by atoms with Crippen molar-refractivity contribution in [2.45, 2.75) is 13.8 Å². The molecule has 0 aliphatic carbocycles. The Balaban J connectivity index is 1.76. The lowest BCUT2D eigenvalue weighted by molar-refractivity contribution is -0.255. The summed E-state index contributed by atoms with van der Waals surface area (Å²) < 4.78 is 15.4. The summed E-state index contributed by atoms with van der Waals surface area (Å²) in [6.07, 6.45) is 1.34. The highest BCUT2D eigenvalue weighted by molar-refractivity contribution is 6.39. The standard InChI is InChI=1S/C24H17ClFN3O5/c1-12-8-14(13(2)28(12)17-6-7-18(23(32)33)20(25)11-17)9-19-21(30)27-24(34)29(22(19)31)16-5-3-4-15(26)10-16/h3-11H,1-2H3,(H,32,33)(H,27,30,34)/p-1/b19-9-. The average Bonchev–Trinajstić information content (AvgIpc) is 3.03. The summed E-state index contributed by atoms with van der Waals surface area (Å²) in [5.74, 6) is -3.83. The van der Waals surface area contributed by atoms with Gasteiger partial charge in [-0.3, -0.25) is 14.9 Å². The third-order valence-corrected chi connectivity index (χ3v) is 5.68. The number of rotatable bonds is 4. The van der Waals surface area contributed by atoms with Crippen molar-refractivity contribution in [1.82, 2.24) is 9.88 Å². The fourth-order valence-corrected chi connectivity index (χ4v) is 4.05. The van der Waals surface area contributed by atoms with Crippen LogP contribution in [0.15, 0.2) is 54.1 Å². The largest absolute Gasteiger partial charge is 0.545 e. The van der Waals surface area contributed by atoms with E-state index >= 15 is 0 Å². The van der Waals surface area contributed by atoms with Crippen molar-refractivity contribution in [1.29, 1.82) is 0 Å². The number of aryl methyl sites for hydroxylation is 1. The van der Waals surface area contributed by atoms with Gasteiger partial charge in [0.15, 0.2) is 0 Å². The van der Waals surface area contributed by atoms with Gasteiger partial charge < -0.3 is 14.5 Å². The summed E-state index contributed by atoms with van der Waals surface area (Å²) >= 11 is 6.07. The van der Waals surface area contributed by atoms with E-state index in [1.165, 1.54) is 36.4 Å². The van der Waals surface area contributed by atoms with E-state index in [0.717, 1.165) is 6.07 Å². The first-order valence-electron chi connectivity index (χ1n) is 9.95. The lowest BCUT2D eigenvalue weighted by Crippen LogP contribution is -2.54. The number of urea groups is 1. The molecule has 2 heterocycles. The molecule has 3 aromatic rings. The van der Waals surface area contributed by atoms with Crippen LogP contribution in [0, 0.1) is 19.7 Å². The van der Waals surface area contributed by atoms with Crippen LogP contribution in [0.25, 0.3) is 11.8 Å². The number of hydrogen-bond acceptors (Lipinski definition) is 5. The van der Waals surface area contributed by atoms with Gasteiger partial charge in [-0.25, -0.2) is 14.1 Å². The van der Waals surface area contributed by atoms with E-state index in [4.69, 9.17) is 11.6 Å². The first-order chi connectivity index (χ1) is 16.1. The van der Waals surface area contributed by atoms with Gasteiger partial charge in [0.1, 0.15) is 11.4 Å². The minimum Gasteiger partial charge on any atom is -0.545 e. The highest BCUT2D eigenvalue weighted by atomic mass is 35.5. The van der Waals surface area contributed by atoms with E-state index in [2.05, 4.69) is 5.32 Å². The minimum absolute atomic E-state index is 0.00371. The van der Waals surface area contributed by atoms with Crippen molar-refractivity contribution in [2.75, 3.05) is 4.90 Å². The van der Waals surface area contributed by atoms with Crippen molar-refractivity contribution < 1.29 is 28.7 Å². The van der Waals surface area contributed by atoms with Gasteiger partial charge in [-0.1, -0.05) is 17.7 Å². The SMILES string of the molecule is Cc1cc(/C=C2/C(=O)NC(=O)N(c3cccc(F)c3)C2=O)c(C)n1-c1ccc(C(=O)[O-])c(Cl)c1. The zero-order chi connectivity index (χ0) is 24.7. The molecule has 1 aliphatic rings. The molecule has 1 aliphatic heterocycles. The second kappa shape index (κ2) is 8.60. The Kier molecular flexibility index (Phi) is 5.80. The number of nitrogens with zero attached hydrogens (tertiary/aromatic N) is 2. The molecule has 8 nitrogen and oxygen atoms in total. The van der Waals surface area contributed by atoms with Crippen LogP contribution in [0.3, 0.4) is 0 Å². The molecule has 0 bridgehead atoms. The summed E-state index contributed by atoms with van der Waals surface area (Å²) in [4.78, 5) is 49.6. The van der Waals surface area contributed by atoms with Crippen LogP contribution in [-0.4, -0.2) is 28.4 Å². The molecule has 0 radical (unpaired) electrons. The maximum Gasteiger partial charge on any atom is 0.335 e. The number of carboxylic acids is 1. The van der Waals surface area contributed by atoms with E-state index in [1.807, 2.05) is 0 Å². The van der Waals surface area contributed by atoms with Crippen molar-refractivity contribution in [2.24, 2.45) is 0 Å². The number of carboxylic acid groups (broad SMARTS) is 1. The van der Waals surface area contributed by atoms with Crippen LogP contribution in [0.4, 0.5) is 14.9 Å². The summed E-state index contributed by atoms with van der Waals surface area (Å²) in [6, 6.07) is 9.97. The predicted molar refractivity (Wildman–Crippen MR) is 120 cm³/mol. The molecule has 0 saturated carbocycles. The Bertz CT molecular complexity index is 1430. The highest BCUT2D eigenvalue weighted by Gasteiger charge is 2.37. The number of imide groups is 2. The van der Waals surface area contributed by atoms with E-state index < -0.39 is 29.6 Å². The summed E-state index contributed by atoms with van der Waals surface area (Å²) in [5, 5.41) is 13.2. The zero-order valence-electron chi connectivity index (χ0n) is 17.9. The van der Waals surface area contributed by atoms with Crippen molar-refractivity contribution in [3.05, 3.63) is 87.5 Å². The average molecular weight is 481 g/mol. The van der Waals surface area contributed by atoms with Gasteiger partial charge in [-0.15, -0.1) is 0 Å². The van der Waals surface area contributed by atoms with E-state index in [1.54, 1.807) is 30.5 Å². The third kappa shape index (κ3) is 3.97. The van der Waals surface area contributed by atoms with Gasteiger partial charge in [0.2, 0.25) is 0 Å².